The molecule has 1 heterocycles. The maximum absolute atomic E-state index is 12.5. The van der Waals surface area contributed by atoms with Gasteiger partial charge in [0.1, 0.15) is 11.0 Å². The second-order valence-electron chi connectivity index (χ2n) is 5.89. The van der Waals surface area contributed by atoms with E-state index in [4.69, 9.17) is 0 Å². The molecule has 1 rings (SSSR count). The Balaban J connectivity index is 2.59. The first-order valence-corrected chi connectivity index (χ1v) is 8.41. The number of rotatable bonds is 6. The quantitative estimate of drug-likeness (QED) is 0.704. The van der Waals surface area contributed by atoms with Crippen molar-refractivity contribution >= 4 is 11.0 Å². The Morgan fingerprint density at radius 3 is 2.25 bits per heavy atom. The molecule has 0 aromatic carbocycles. The van der Waals surface area contributed by atoms with Crippen molar-refractivity contribution in [1.82, 2.24) is 9.21 Å². The summed E-state index contributed by atoms with van der Waals surface area (Å²) in [4.78, 5) is 3.25. The Bertz CT molecular complexity index is 401. The molecular formula is C16H28N2OS. The topological polar surface area (TPSA) is 23.6 Å². The zero-order chi connectivity index (χ0) is 15.1. The summed E-state index contributed by atoms with van der Waals surface area (Å²) >= 11 is 0. The van der Waals surface area contributed by atoms with Gasteiger partial charge >= 0.3 is 0 Å². The summed E-state index contributed by atoms with van der Waals surface area (Å²) < 4.78 is 14.6. The predicted octanol–water partition coefficient (Wildman–Crippen LogP) is 2.96. The Hall–Kier alpha value is -0.710. The molecule has 1 aliphatic rings. The zero-order valence-corrected chi connectivity index (χ0v) is 14.1. The van der Waals surface area contributed by atoms with Gasteiger partial charge < -0.3 is 4.90 Å². The number of hydrogen-bond acceptors (Lipinski definition) is 2. The fraction of sp³-hybridized carbons (Fsp3) is 0.625. The molecule has 0 spiro atoms. The summed E-state index contributed by atoms with van der Waals surface area (Å²) in [6.07, 6.45) is 5.61. The first kappa shape index (κ1) is 17.3. The fourth-order valence-corrected chi connectivity index (χ4v) is 3.31. The highest BCUT2D eigenvalue weighted by Gasteiger charge is 2.22. The Morgan fingerprint density at radius 2 is 1.80 bits per heavy atom. The van der Waals surface area contributed by atoms with Gasteiger partial charge in [0.15, 0.2) is 0 Å². The molecule has 0 N–H and O–H groups in total. The standard InChI is InChI=1S/C16H28N2OS/c1-6-16(8-7-14(2)3)20(19)18-11-9-17(10-12-18)13-15(4)5/h6-8,15H,1,9-13H2,2-5H3/b16-8+. The molecule has 4 heteroatoms. The predicted molar refractivity (Wildman–Crippen MR) is 88.7 cm³/mol. The second kappa shape index (κ2) is 8.55. The molecule has 0 radical (unpaired) electrons. The monoisotopic (exact) mass is 296 g/mol. The van der Waals surface area contributed by atoms with Crippen LogP contribution in [0.15, 0.2) is 35.3 Å². The van der Waals surface area contributed by atoms with Crippen molar-refractivity contribution in [2.75, 3.05) is 32.7 Å². The molecule has 1 aliphatic heterocycles. The Kier molecular flexibility index (Phi) is 7.41. The number of piperazine rings is 1. The molecule has 1 fully saturated rings. The van der Waals surface area contributed by atoms with Gasteiger partial charge in [-0.15, -0.1) is 0 Å². The van der Waals surface area contributed by atoms with Gasteiger partial charge in [0.25, 0.3) is 0 Å². The first-order valence-electron chi connectivity index (χ1n) is 7.31. The maximum atomic E-state index is 12.5. The van der Waals surface area contributed by atoms with E-state index in [2.05, 4.69) is 25.3 Å². The lowest BCUT2D eigenvalue weighted by atomic mass is 10.2. The van der Waals surface area contributed by atoms with E-state index in [1.54, 1.807) is 6.08 Å². The van der Waals surface area contributed by atoms with Gasteiger partial charge in [-0.3, -0.25) is 0 Å². The van der Waals surface area contributed by atoms with Gasteiger partial charge in [-0.05, 0) is 25.8 Å². The van der Waals surface area contributed by atoms with Crippen molar-refractivity contribution in [3.05, 3.63) is 35.3 Å². The van der Waals surface area contributed by atoms with Crippen molar-refractivity contribution in [3.63, 3.8) is 0 Å². The molecule has 20 heavy (non-hydrogen) atoms. The van der Waals surface area contributed by atoms with Gasteiger partial charge in [-0.2, -0.15) is 0 Å². The number of hydrogen-bond donors (Lipinski definition) is 0. The lowest BCUT2D eigenvalue weighted by Crippen LogP contribution is -2.47. The molecule has 0 saturated carbocycles. The van der Waals surface area contributed by atoms with Crippen LogP contribution in [-0.4, -0.2) is 46.1 Å². The van der Waals surface area contributed by atoms with Crippen molar-refractivity contribution in [3.8, 4) is 0 Å². The maximum Gasteiger partial charge on any atom is 0.127 e. The van der Waals surface area contributed by atoms with E-state index in [0.29, 0.717) is 5.92 Å². The molecule has 1 unspecified atom stereocenters. The molecule has 3 nitrogen and oxygen atoms in total. The third-order valence-electron chi connectivity index (χ3n) is 3.17. The van der Waals surface area contributed by atoms with Crippen molar-refractivity contribution in [2.24, 2.45) is 5.92 Å². The highest BCUT2D eigenvalue weighted by molar-refractivity contribution is 7.86. The van der Waals surface area contributed by atoms with Crippen molar-refractivity contribution in [1.29, 1.82) is 0 Å². The second-order valence-corrected chi connectivity index (χ2v) is 7.38. The highest BCUT2D eigenvalue weighted by atomic mass is 32.2. The summed E-state index contributed by atoms with van der Waals surface area (Å²) in [5, 5.41) is 0. The van der Waals surface area contributed by atoms with Gasteiger partial charge in [-0.1, -0.05) is 38.2 Å². The molecular weight excluding hydrogens is 268 g/mol. The molecule has 0 aromatic heterocycles. The van der Waals surface area contributed by atoms with Crippen molar-refractivity contribution < 1.29 is 4.21 Å². The summed E-state index contributed by atoms with van der Waals surface area (Å²) in [6.45, 7) is 17.2. The molecule has 0 bridgehead atoms. The summed E-state index contributed by atoms with van der Waals surface area (Å²) in [5.74, 6) is 0.688. The van der Waals surface area contributed by atoms with Crippen LogP contribution < -0.4 is 0 Å². The van der Waals surface area contributed by atoms with Crippen LogP contribution in [0.25, 0.3) is 0 Å². The van der Waals surface area contributed by atoms with E-state index < -0.39 is 11.0 Å². The van der Waals surface area contributed by atoms with Crippen molar-refractivity contribution in [2.45, 2.75) is 27.7 Å². The lowest BCUT2D eigenvalue weighted by molar-refractivity contribution is 0.176. The average Bonchev–Trinajstić information content (AvgIpc) is 2.39. The molecule has 0 amide bonds. The van der Waals surface area contributed by atoms with E-state index in [1.807, 2.05) is 30.3 Å². The molecule has 1 atom stereocenters. The van der Waals surface area contributed by atoms with Crippen LogP contribution in [0.1, 0.15) is 27.7 Å². The SMILES string of the molecule is C=C/C(=C\C=C(C)C)S(=O)N1CCN(CC(C)C)CC1. The minimum Gasteiger partial charge on any atom is -0.300 e. The minimum atomic E-state index is -1.08. The van der Waals surface area contributed by atoms with Crippen LogP contribution in [0.2, 0.25) is 0 Å². The van der Waals surface area contributed by atoms with E-state index >= 15 is 0 Å². The molecule has 0 aliphatic carbocycles. The van der Waals surface area contributed by atoms with E-state index in [9.17, 15) is 4.21 Å². The van der Waals surface area contributed by atoms with Crippen LogP contribution in [0.3, 0.4) is 0 Å². The molecule has 114 valence electrons. The van der Waals surface area contributed by atoms with Gasteiger partial charge in [-0.25, -0.2) is 8.51 Å². The molecule has 1 saturated heterocycles. The Labute approximate surface area is 126 Å². The van der Waals surface area contributed by atoms with Crippen LogP contribution in [0.5, 0.6) is 0 Å². The number of nitrogens with zero attached hydrogens (tertiary/aromatic N) is 2. The summed E-state index contributed by atoms with van der Waals surface area (Å²) in [6, 6.07) is 0. The highest BCUT2D eigenvalue weighted by Crippen LogP contribution is 2.14. The minimum absolute atomic E-state index is 0.688. The third-order valence-corrected chi connectivity index (χ3v) is 4.71. The van der Waals surface area contributed by atoms with Gasteiger partial charge in [0, 0.05) is 32.7 Å². The number of allylic oxidation sites excluding steroid dienone is 4. The fourth-order valence-electron chi connectivity index (χ4n) is 2.19. The van der Waals surface area contributed by atoms with E-state index in [1.165, 1.54) is 5.57 Å². The smallest absolute Gasteiger partial charge is 0.127 e. The van der Waals surface area contributed by atoms with E-state index in [-0.39, 0.29) is 0 Å². The van der Waals surface area contributed by atoms with Crippen LogP contribution >= 0.6 is 0 Å². The zero-order valence-electron chi connectivity index (χ0n) is 13.3. The van der Waals surface area contributed by atoms with Crippen LogP contribution in [0.4, 0.5) is 0 Å². The summed E-state index contributed by atoms with van der Waals surface area (Å²) in [7, 11) is -1.08. The van der Waals surface area contributed by atoms with Crippen LogP contribution in [-0.2, 0) is 11.0 Å². The molecule has 0 aromatic rings. The average molecular weight is 296 g/mol. The summed E-state index contributed by atoms with van der Waals surface area (Å²) in [5.41, 5.74) is 1.20. The Morgan fingerprint density at radius 1 is 1.20 bits per heavy atom. The van der Waals surface area contributed by atoms with Gasteiger partial charge in [0.05, 0.1) is 4.91 Å². The first-order chi connectivity index (χ1) is 9.43. The normalized spacial score (nSPS) is 19.9. The third kappa shape index (κ3) is 5.73. The van der Waals surface area contributed by atoms with Gasteiger partial charge in [0.2, 0.25) is 0 Å². The largest absolute Gasteiger partial charge is 0.300 e. The van der Waals surface area contributed by atoms with Crippen LogP contribution in [0, 0.1) is 5.92 Å². The van der Waals surface area contributed by atoms with E-state index in [0.717, 1.165) is 37.6 Å². The lowest BCUT2D eigenvalue weighted by Gasteiger charge is -2.34.